The van der Waals surface area contributed by atoms with E-state index in [0.29, 0.717) is 13.2 Å². The number of aromatic nitrogens is 3. The number of rotatable bonds is 3. The Morgan fingerprint density at radius 3 is 3.14 bits per heavy atom. The first-order chi connectivity index (χ1) is 6.83. The number of nitrogens with zero attached hydrogens (tertiary/aromatic N) is 3. The van der Waals surface area contributed by atoms with E-state index in [0.717, 1.165) is 18.8 Å². The van der Waals surface area contributed by atoms with Crippen LogP contribution in [0.2, 0.25) is 0 Å². The summed E-state index contributed by atoms with van der Waals surface area (Å²) in [7, 11) is 0. The molecule has 1 aromatic heterocycles. The van der Waals surface area contributed by atoms with Crippen LogP contribution in [0, 0.1) is 0 Å². The second-order valence-corrected chi connectivity index (χ2v) is 3.69. The molecule has 1 fully saturated rings. The zero-order valence-electron chi connectivity index (χ0n) is 8.39. The SMILES string of the molecule is CCCn1cnnc1C1COCC1N. The van der Waals surface area contributed by atoms with Crippen LogP contribution in [0.1, 0.15) is 25.1 Å². The molecule has 2 atom stereocenters. The van der Waals surface area contributed by atoms with Gasteiger partial charge in [0.05, 0.1) is 19.1 Å². The van der Waals surface area contributed by atoms with Crippen molar-refractivity contribution in [3.63, 3.8) is 0 Å². The maximum absolute atomic E-state index is 5.93. The van der Waals surface area contributed by atoms with Gasteiger partial charge >= 0.3 is 0 Å². The van der Waals surface area contributed by atoms with Crippen LogP contribution in [0.25, 0.3) is 0 Å². The van der Waals surface area contributed by atoms with Gasteiger partial charge in [-0.2, -0.15) is 0 Å². The van der Waals surface area contributed by atoms with Gasteiger partial charge in [0.1, 0.15) is 12.2 Å². The van der Waals surface area contributed by atoms with Crippen LogP contribution in [0.3, 0.4) is 0 Å². The molecule has 0 bridgehead atoms. The molecule has 2 N–H and O–H groups in total. The molecule has 2 unspecified atom stereocenters. The van der Waals surface area contributed by atoms with Gasteiger partial charge in [-0.1, -0.05) is 6.92 Å². The average molecular weight is 196 g/mol. The standard InChI is InChI=1S/C9H16N4O/c1-2-3-13-6-11-12-9(13)7-4-14-5-8(7)10/h6-8H,2-5,10H2,1H3. The summed E-state index contributed by atoms with van der Waals surface area (Å²) in [6, 6.07) is 0.0646. The summed E-state index contributed by atoms with van der Waals surface area (Å²) in [6.07, 6.45) is 2.84. The molecule has 0 amide bonds. The lowest BCUT2D eigenvalue weighted by Gasteiger charge is -2.13. The van der Waals surface area contributed by atoms with Crippen molar-refractivity contribution in [1.82, 2.24) is 14.8 Å². The molecule has 0 aromatic carbocycles. The van der Waals surface area contributed by atoms with Crippen LogP contribution in [0.15, 0.2) is 6.33 Å². The van der Waals surface area contributed by atoms with Crippen molar-refractivity contribution in [3.05, 3.63) is 12.2 Å². The van der Waals surface area contributed by atoms with E-state index >= 15 is 0 Å². The molecule has 0 spiro atoms. The monoisotopic (exact) mass is 196 g/mol. The van der Waals surface area contributed by atoms with Crippen molar-refractivity contribution in [1.29, 1.82) is 0 Å². The van der Waals surface area contributed by atoms with E-state index in [2.05, 4.69) is 21.7 Å². The Hall–Kier alpha value is -0.940. The maximum atomic E-state index is 5.93. The third-order valence-electron chi connectivity index (χ3n) is 2.57. The minimum atomic E-state index is 0.0646. The highest BCUT2D eigenvalue weighted by molar-refractivity contribution is 5.04. The first-order valence-electron chi connectivity index (χ1n) is 5.04. The summed E-state index contributed by atoms with van der Waals surface area (Å²) < 4.78 is 7.39. The van der Waals surface area contributed by atoms with Gasteiger partial charge in [0, 0.05) is 12.6 Å². The van der Waals surface area contributed by atoms with Crippen LogP contribution in [-0.2, 0) is 11.3 Å². The third-order valence-corrected chi connectivity index (χ3v) is 2.57. The van der Waals surface area contributed by atoms with Gasteiger partial charge in [0.15, 0.2) is 0 Å². The van der Waals surface area contributed by atoms with Crippen LogP contribution in [-0.4, -0.2) is 34.0 Å². The summed E-state index contributed by atoms with van der Waals surface area (Å²) in [6.45, 7) is 4.38. The first-order valence-corrected chi connectivity index (χ1v) is 5.04. The molecule has 0 radical (unpaired) electrons. The summed E-state index contributed by atoms with van der Waals surface area (Å²) in [4.78, 5) is 0. The highest BCUT2D eigenvalue weighted by Crippen LogP contribution is 2.22. The molecule has 1 aliphatic heterocycles. The molecule has 1 aliphatic rings. The summed E-state index contributed by atoms with van der Waals surface area (Å²) in [5, 5.41) is 8.04. The molecule has 14 heavy (non-hydrogen) atoms. The fourth-order valence-corrected chi connectivity index (χ4v) is 1.80. The van der Waals surface area contributed by atoms with Crippen molar-refractivity contribution in [2.24, 2.45) is 5.73 Å². The molecule has 0 saturated carbocycles. The third kappa shape index (κ3) is 1.65. The van der Waals surface area contributed by atoms with Gasteiger partial charge in [-0.25, -0.2) is 0 Å². The quantitative estimate of drug-likeness (QED) is 0.746. The van der Waals surface area contributed by atoms with Crippen LogP contribution >= 0.6 is 0 Å². The van der Waals surface area contributed by atoms with E-state index in [-0.39, 0.29) is 12.0 Å². The molecular weight excluding hydrogens is 180 g/mol. The fourth-order valence-electron chi connectivity index (χ4n) is 1.80. The molecule has 78 valence electrons. The van der Waals surface area contributed by atoms with Crippen molar-refractivity contribution >= 4 is 0 Å². The molecule has 1 aromatic rings. The van der Waals surface area contributed by atoms with Crippen LogP contribution < -0.4 is 5.73 Å². The molecule has 2 rings (SSSR count). The number of nitrogens with two attached hydrogens (primary N) is 1. The topological polar surface area (TPSA) is 66.0 Å². The number of aryl methyl sites for hydroxylation is 1. The smallest absolute Gasteiger partial charge is 0.139 e. The minimum Gasteiger partial charge on any atom is -0.379 e. The highest BCUT2D eigenvalue weighted by atomic mass is 16.5. The Bertz CT molecular complexity index is 299. The van der Waals surface area contributed by atoms with Gasteiger partial charge in [-0.05, 0) is 6.42 Å². The van der Waals surface area contributed by atoms with E-state index in [9.17, 15) is 0 Å². The molecule has 5 heteroatoms. The van der Waals surface area contributed by atoms with Crippen molar-refractivity contribution in [3.8, 4) is 0 Å². The zero-order chi connectivity index (χ0) is 9.97. The lowest BCUT2D eigenvalue weighted by molar-refractivity contribution is 0.190. The van der Waals surface area contributed by atoms with Gasteiger partial charge < -0.3 is 15.0 Å². The molecule has 1 saturated heterocycles. The minimum absolute atomic E-state index is 0.0646. The molecule has 5 nitrogen and oxygen atoms in total. The predicted molar refractivity (Wildman–Crippen MR) is 51.8 cm³/mol. The normalized spacial score (nSPS) is 27.0. The Morgan fingerprint density at radius 2 is 2.50 bits per heavy atom. The largest absolute Gasteiger partial charge is 0.379 e. The van der Waals surface area contributed by atoms with Gasteiger partial charge in [0.2, 0.25) is 0 Å². The summed E-state index contributed by atoms with van der Waals surface area (Å²) >= 11 is 0. The van der Waals surface area contributed by atoms with Gasteiger partial charge in [-0.3, -0.25) is 0 Å². The summed E-state index contributed by atoms with van der Waals surface area (Å²) in [5.74, 6) is 1.18. The number of ether oxygens (including phenoxy) is 1. The Labute approximate surface area is 83.3 Å². The summed E-state index contributed by atoms with van der Waals surface area (Å²) in [5.41, 5.74) is 5.93. The lowest BCUT2D eigenvalue weighted by atomic mass is 10.0. The maximum Gasteiger partial charge on any atom is 0.139 e. The van der Waals surface area contributed by atoms with E-state index in [1.54, 1.807) is 6.33 Å². The predicted octanol–water partition coefficient (Wildman–Crippen LogP) is 0.129. The second-order valence-electron chi connectivity index (χ2n) is 3.69. The average Bonchev–Trinajstić information content (AvgIpc) is 2.74. The zero-order valence-corrected chi connectivity index (χ0v) is 8.39. The van der Waals surface area contributed by atoms with E-state index in [1.807, 2.05) is 0 Å². The van der Waals surface area contributed by atoms with Crippen molar-refractivity contribution in [2.45, 2.75) is 31.8 Å². The van der Waals surface area contributed by atoms with Gasteiger partial charge in [0.25, 0.3) is 0 Å². The number of hydrogen-bond donors (Lipinski definition) is 1. The van der Waals surface area contributed by atoms with Crippen LogP contribution in [0.5, 0.6) is 0 Å². The Morgan fingerprint density at radius 1 is 1.64 bits per heavy atom. The second kappa shape index (κ2) is 4.06. The Kier molecular flexibility index (Phi) is 2.79. The van der Waals surface area contributed by atoms with E-state index in [1.165, 1.54) is 0 Å². The lowest BCUT2D eigenvalue weighted by Crippen LogP contribution is -2.29. The molecule has 2 heterocycles. The van der Waals surface area contributed by atoms with Crippen molar-refractivity contribution in [2.75, 3.05) is 13.2 Å². The van der Waals surface area contributed by atoms with Crippen LogP contribution in [0.4, 0.5) is 0 Å². The van der Waals surface area contributed by atoms with E-state index < -0.39 is 0 Å². The van der Waals surface area contributed by atoms with Gasteiger partial charge in [-0.15, -0.1) is 10.2 Å². The highest BCUT2D eigenvalue weighted by Gasteiger charge is 2.30. The molecule has 0 aliphatic carbocycles. The fraction of sp³-hybridized carbons (Fsp3) is 0.778. The first kappa shape index (κ1) is 9.61. The van der Waals surface area contributed by atoms with E-state index in [4.69, 9.17) is 10.5 Å². The molecular formula is C9H16N4O. The number of hydrogen-bond acceptors (Lipinski definition) is 4. The Balaban J connectivity index is 2.17. The van der Waals surface area contributed by atoms with Crippen molar-refractivity contribution < 1.29 is 4.74 Å².